The van der Waals surface area contributed by atoms with E-state index >= 15 is 0 Å². The van der Waals surface area contributed by atoms with E-state index in [9.17, 15) is 0 Å². The summed E-state index contributed by atoms with van der Waals surface area (Å²) in [6, 6.07) is 58.7. The van der Waals surface area contributed by atoms with Crippen molar-refractivity contribution in [1.82, 2.24) is 30.0 Å². The van der Waals surface area contributed by atoms with E-state index in [0.717, 1.165) is 45.5 Å². The van der Waals surface area contributed by atoms with Gasteiger partial charge in [0.05, 0.1) is 50.9 Å². The van der Waals surface area contributed by atoms with Crippen molar-refractivity contribution in [3.63, 3.8) is 0 Å². The first kappa shape index (κ1) is 82.3. The van der Waals surface area contributed by atoms with E-state index < -0.39 is 0 Å². The summed E-state index contributed by atoms with van der Waals surface area (Å²) in [5.41, 5.74) is 11.5. The highest BCUT2D eigenvalue weighted by Crippen LogP contribution is 2.65. The Morgan fingerprint density at radius 3 is 0.815 bits per heavy atom. The fraction of sp³-hybridized carbons (Fsp3) is 0.447. The molecule has 0 amide bonds. The summed E-state index contributed by atoms with van der Waals surface area (Å²) in [5.74, 6) is 4.62. The molecule has 108 heavy (non-hydrogen) atoms. The van der Waals surface area contributed by atoms with Crippen molar-refractivity contribution in [2.75, 3.05) is 23.0 Å². The highest BCUT2D eigenvalue weighted by molar-refractivity contribution is 8.41. The van der Waals surface area contributed by atoms with Crippen LogP contribution in [0.5, 0.6) is 0 Å². The zero-order valence-electron chi connectivity index (χ0n) is 65.0. The van der Waals surface area contributed by atoms with E-state index in [0.29, 0.717) is 13.1 Å². The molecule has 0 N–H and O–H groups in total. The molecule has 0 saturated carbocycles. The third-order valence-electron chi connectivity index (χ3n) is 21.1. The topological polar surface area (TPSA) is 61.4 Å². The molecular weight excluding hydrogens is 1470 g/mol. The van der Waals surface area contributed by atoms with E-state index in [2.05, 4.69) is 292 Å². The van der Waals surface area contributed by atoms with Gasteiger partial charge < -0.3 is 0 Å². The molecule has 2 aliphatic rings. The minimum Gasteiger partial charge on any atom is -0.247 e. The lowest BCUT2D eigenvalue weighted by Crippen LogP contribution is -2.02. The Kier molecular flexibility index (Phi) is 34.7. The summed E-state index contributed by atoms with van der Waals surface area (Å²) in [6.45, 7) is 10.6. The molecule has 10 aromatic rings. The quantitative estimate of drug-likeness (QED) is 0.0270. The second-order valence-corrected chi connectivity index (χ2v) is 39.6. The number of aromatic nitrogens is 6. The number of thioether (sulfide) groups is 8. The molecule has 12 rings (SSSR count). The molecule has 2 aromatic heterocycles. The van der Waals surface area contributed by atoms with Crippen LogP contribution in [0.15, 0.2) is 196 Å². The zero-order valence-corrected chi connectivity index (χ0v) is 71.5. The molecule has 4 heterocycles. The molecule has 6 nitrogen and oxygen atoms in total. The van der Waals surface area contributed by atoms with E-state index in [4.69, 9.17) is 20.6 Å². The third kappa shape index (κ3) is 24.0. The van der Waals surface area contributed by atoms with Gasteiger partial charge in [-0.15, -0.1) is 57.2 Å². The van der Waals surface area contributed by atoms with Gasteiger partial charge in [0.25, 0.3) is 0 Å². The molecule has 0 atom stereocenters. The Balaban J connectivity index is 0.917. The van der Waals surface area contributed by atoms with Crippen molar-refractivity contribution in [2.24, 2.45) is 0 Å². The maximum atomic E-state index is 4.94. The molecule has 0 bridgehead atoms. The largest absolute Gasteiger partial charge is 0.247 e. The van der Waals surface area contributed by atoms with Crippen LogP contribution < -0.4 is 0 Å². The summed E-state index contributed by atoms with van der Waals surface area (Å²) in [5, 5.41) is 29.6. The molecule has 0 spiro atoms. The van der Waals surface area contributed by atoms with E-state index in [-0.39, 0.29) is 0 Å². The van der Waals surface area contributed by atoms with Gasteiger partial charge in [-0.05, 0) is 126 Å². The standard InChI is InChI=1S/C94H116N6S8/c1-5-9-13-17-21-25-29-41-61-101-91-92(102-62-42-30-26-22-18-14-10-6-2)106-89(105-91)87(73-57-53-71(54-58-73)85-69-99(97-95-85)67-83-79-49-37-33-45-75(79)65-76-46-34-38-50-80(76)83)88(90-107-93(103-63-43-31-27-23-19-15-11-7-3)94(108-90)104-64-44-32-28-24-20-16-12-8-4)74-59-55-72(56-60-74)86-70-100(98-96-86)68-84-81-51-39-35-47-77(81)66-78-48-36-40-52-82(78)84/h33-40,45-60,65-66,69-70H,5-32,41-44,61-64,67-68H2,1-4H3. The maximum absolute atomic E-state index is 4.94. The molecule has 0 radical (unpaired) electrons. The predicted molar refractivity (Wildman–Crippen MR) is 491 cm³/mol. The first-order valence-electron chi connectivity index (χ1n) is 41.5. The average Bonchev–Trinajstić information content (AvgIpc) is 1.48. The SMILES string of the molecule is CCCCCCCCCCSC1=C(SCCCCCCCCCC)SC(=C(C(=C2SC(SCCCCCCCCCC)=C(SCCCCCCCCCC)S2)c2ccc(-c3cn(Cc4c5ccccc5cc5ccccc45)nn3)cc2)c2ccc(-c3cn(Cc4c5ccccc5cc5ccccc45)nn3)cc2)S1. The van der Waals surface area contributed by atoms with Crippen LogP contribution in [-0.4, -0.2) is 53.0 Å². The number of rotatable bonds is 49. The van der Waals surface area contributed by atoms with Crippen molar-refractivity contribution < 1.29 is 0 Å². The highest BCUT2D eigenvalue weighted by Gasteiger charge is 2.33. The van der Waals surface area contributed by atoms with Gasteiger partial charge in [-0.2, -0.15) is 0 Å². The van der Waals surface area contributed by atoms with Gasteiger partial charge in [0, 0.05) is 22.3 Å². The lowest BCUT2D eigenvalue weighted by molar-refractivity contribution is 0.586. The number of benzene rings is 8. The Morgan fingerprint density at radius 2 is 0.546 bits per heavy atom. The number of allylic oxidation sites excluding steroid dienone is 2. The zero-order chi connectivity index (χ0) is 74.2. The average molecular weight is 1590 g/mol. The highest BCUT2D eigenvalue weighted by atomic mass is 32.3. The molecule has 570 valence electrons. The number of fused-ring (bicyclic) bond motifs is 4. The normalized spacial score (nSPS) is 13.4. The van der Waals surface area contributed by atoms with Crippen molar-refractivity contribution in [3.8, 4) is 22.5 Å². The lowest BCUT2D eigenvalue weighted by atomic mass is 9.93. The number of hydrogen-bond donors (Lipinski definition) is 0. The lowest BCUT2D eigenvalue weighted by Gasteiger charge is -2.19. The summed E-state index contributed by atoms with van der Waals surface area (Å²) in [4.78, 5) is 0. The molecule has 2 aliphatic heterocycles. The molecular formula is C94H116N6S8. The third-order valence-corrected chi connectivity index (χ3v) is 32.5. The molecule has 0 aliphatic carbocycles. The fourth-order valence-electron chi connectivity index (χ4n) is 14.9. The Bertz CT molecular complexity index is 4100. The monoisotopic (exact) mass is 1580 g/mol. The summed E-state index contributed by atoms with van der Waals surface area (Å²) in [6.07, 6.45) is 47.0. The Hall–Kier alpha value is -5.16. The molecule has 8 aromatic carbocycles. The van der Waals surface area contributed by atoms with Gasteiger partial charge in [-0.25, -0.2) is 9.36 Å². The van der Waals surface area contributed by atoms with Gasteiger partial charge in [0.2, 0.25) is 0 Å². The number of hydrogen-bond acceptors (Lipinski definition) is 12. The van der Waals surface area contributed by atoms with E-state index in [1.165, 1.54) is 307 Å². The van der Waals surface area contributed by atoms with Gasteiger partial charge in [0.15, 0.2) is 0 Å². The van der Waals surface area contributed by atoms with Crippen molar-refractivity contribution in [2.45, 2.75) is 246 Å². The minimum absolute atomic E-state index is 0.627. The van der Waals surface area contributed by atoms with Crippen molar-refractivity contribution in [3.05, 3.63) is 218 Å². The van der Waals surface area contributed by atoms with E-state index in [1.54, 1.807) is 0 Å². The molecule has 0 saturated heterocycles. The minimum atomic E-state index is 0.627. The van der Waals surface area contributed by atoms with Crippen LogP contribution in [0.2, 0.25) is 0 Å². The van der Waals surface area contributed by atoms with E-state index in [1.807, 2.05) is 9.36 Å². The van der Waals surface area contributed by atoms with Crippen molar-refractivity contribution in [1.29, 1.82) is 0 Å². The number of nitrogens with zero attached hydrogens (tertiary/aromatic N) is 6. The Morgan fingerprint density at radius 1 is 0.296 bits per heavy atom. The smallest absolute Gasteiger partial charge is 0.113 e. The first-order chi connectivity index (χ1) is 53.5. The maximum Gasteiger partial charge on any atom is 0.113 e. The van der Waals surface area contributed by atoms with Gasteiger partial charge in [-0.3, -0.25) is 0 Å². The van der Waals surface area contributed by atoms with Crippen molar-refractivity contribution >= 4 is 148 Å². The Labute approximate surface area is 681 Å². The fourth-order valence-corrected chi connectivity index (χ4v) is 27.2. The predicted octanol–water partition coefficient (Wildman–Crippen LogP) is 31.7. The van der Waals surface area contributed by atoms with Crippen LogP contribution in [0.1, 0.15) is 255 Å². The van der Waals surface area contributed by atoms with Gasteiger partial charge >= 0.3 is 0 Å². The first-order valence-corrected chi connectivity index (χ1v) is 48.7. The van der Waals surface area contributed by atoms with Crippen LogP contribution >= 0.6 is 94.1 Å². The second-order valence-electron chi connectivity index (χ2n) is 29.5. The molecule has 14 heteroatoms. The van der Waals surface area contributed by atoms with Crippen LogP contribution in [-0.2, 0) is 13.1 Å². The van der Waals surface area contributed by atoms with Crippen LogP contribution in [0.3, 0.4) is 0 Å². The second kappa shape index (κ2) is 45.5. The molecule has 0 unspecified atom stereocenters. The van der Waals surface area contributed by atoms with Gasteiger partial charge in [-0.1, -0.05) is 411 Å². The number of unbranched alkanes of at least 4 members (excludes halogenated alkanes) is 28. The summed E-state index contributed by atoms with van der Waals surface area (Å²) < 4.78 is 12.9. The van der Waals surface area contributed by atoms with Crippen LogP contribution in [0.4, 0.5) is 0 Å². The van der Waals surface area contributed by atoms with Crippen LogP contribution in [0.25, 0.3) is 76.8 Å². The summed E-state index contributed by atoms with van der Waals surface area (Å²) >= 11 is 16.8. The summed E-state index contributed by atoms with van der Waals surface area (Å²) in [7, 11) is 0. The molecule has 0 fully saturated rings. The van der Waals surface area contributed by atoms with Gasteiger partial charge in [0.1, 0.15) is 11.4 Å². The van der Waals surface area contributed by atoms with Crippen LogP contribution in [0, 0.1) is 0 Å².